The van der Waals surface area contributed by atoms with E-state index in [-0.39, 0.29) is 6.61 Å². The van der Waals surface area contributed by atoms with Crippen molar-refractivity contribution in [1.82, 2.24) is 15.3 Å². The average Bonchev–Trinajstić information content (AvgIpc) is 2.07. The summed E-state index contributed by atoms with van der Waals surface area (Å²) in [7, 11) is 0. The maximum Gasteiger partial charge on any atom is 0.141 e. The Labute approximate surface area is 65.3 Å². The lowest BCUT2D eigenvalue weighted by Gasteiger charge is -1.99. The Morgan fingerprint density at radius 3 is 2.73 bits per heavy atom. The fraction of sp³-hybridized carbons (Fsp3) is 0.429. The number of aliphatic hydroxyl groups excluding tert-OH is 1. The van der Waals surface area contributed by atoms with Crippen molar-refractivity contribution in [1.29, 1.82) is 0 Å². The molecule has 0 aliphatic carbocycles. The minimum absolute atomic E-state index is 0.146. The Morgan fingerprint density at radius 2 is 2.09 bits per heavy atom. The first-order valence-electron chi connectivity index (χ1n) is 3.51. The molecule has 0 saturated carbocycles. The second kappa shape index (κ2) is 4.76. The van der Waals surface area contributed by atoms with E-state index in [1.165, 1.54) is 0 Å². The van der Waals surface area contributed by atoms with Gasteiger partial charge in [0, 0.05) is 18.9 Å². The number of aromatic nitrogens is 2. The Morgan fingerprint density at radius 1 is 1.36 bits per heavy atom. The quantitative estimate of drug-likeness (QED) is 0.576. The lowest BCUT2D eigenvalue weighted by Crippen LogP contribution is -2.18. The smallest absolute Gasteiger partial charge is 0.141 e. The van der Waals surface area contributed by atoms with E-state index in [2.05, 4.69) is 15.3 Å². The van der Waals surface area contributed by atoms with Gasteiger partial charge in [-0.2, -0.15) is 0 Å². The van der Waals surface area contributed by atoms with Crippen LogP contribution in [0.1, 0.15) is 5.82 Å². The van der Waals surface area contributed by atoms with Crippen LogP contribution in [0.2, 0.25) is 0 Å². The standard InChI is InChI=1S/C7H11N3O/c11-5-4-8-6-7-9-2-1-3-10-7/h1-3,8,11H,4-6H2. The third kappa shape index (κ3) is 3.06. The van der Waals surface area contributed by atoms with Crippen LogP contribution in [0.5, 0.6) is 0 Å². The zero-order valence-corrected chi connectivity index (χ0v) is 6.20. The summed E-state index contributed by atoms with van der Waals surface area (Å²) in [5.74, 6) is 0.751. The topological polar surface area (TPSA) is 58.0 Å². The molecule has 0 saturated heterocycles. The van der Waals surface area contributed by atoms with E-state index in [0.717, 1.165) is 5.82 Å². The molecule has 0 fully saturated rings. The molecule has 1 rings (SSSR count). The molecule has 0 atom stereocenters. The highest BCUT2D eigenvalue weighted by Crippen LogP contribution is 1.84. The molecule has 0 aromatic carbocycles. The van der Waals surface area contributed by atoms with Gasteiger partial charge in [0.25, 0.3) is 0 Å². The second-order valence-electron chi connectivity index (χ2n) is 2.07. The van der Waals surface area contributed by atoms with Gasteiger partial charge in [-0.15, -0.1) is 0 Å². The molecule has 0 aliphatic heterocycles. The Kier molecular flexibility index (Phi) is 3.51. The predicted octanol–water partition coefficient (Wildman–Crippen LogP) is -0.442. The van der Waals surface area contributed by atoms with Gasteiger partial charge in [0.1, 0.15) is 5.82 Å². The van der Waals surface area contributed by atoms with Crippen LogP contribution in [-0.2, 0) is 6.54 Å². The van der Waals surface area contributed by atoms with Crippen molar-refractivity contribution in [2.45, 2.75) is 6.54 Å². The van der Waals surface area contributed by atoms with Gasteiger partial charge in [-0.05, 0) is 6.07 Å². The van der Waals surface area contributed by atoms with E-state index in [0.29, 0.717) is 13.1 Å². The van der Waals surface area contributed by atoms with Gasteiger partial charge in [-0.3, -0.25) is 0 Å². The van der Waals surface area contributed by atoms with Gasteiger partial charge < -0.3 is 10.4 Å². The largest absolute Gasteiger partial charge is 0.395 e. The van der Waals surface area contributed by atoms with E-state index in [1.807, 2.05) is 0 Å². The molecule has 0 amide bonds. The lowest BCUT2D eigenvalue weighted by atomic mass is 10.5. The van der Waals surface area contributed by atoms with Gasteiger partial charge in [-0.25, -0.2) is 9.97 Å². The van der Waals surface area contributed by atoms with Gasteiger partial charge in [-0.1, -0.05) is 0 Å². The van der Waals surface area contributed by atoms with E-state index in [9.17, 15) is 0 Å². The van der Waals surface area contributed by atoms with E-state index < -0.39 is 0 Å². The van der Waals surface area contributed by atoms with E-state index >= 15 is 0 Å². The number of nitrogens with zero attached hydrogens (tertiary/aromatic N) is 2. The summed E-state index contributed by atoms with van der Waals surface area (Å²) in [6, 6.07) is 1.77. The molecule has 2 N–H and O–H groups in total. The number of nitrogens with one attached hydrogen (secondary N) is 1. The normalized spacial score (nSPS) is 9.91. The summed E-state index contributed by atoms with van der Waals surface area (Å²) < 4.78 is 0. The maximum absolute atomic E-state index is 8.44. The Hall–Kier alpha value is -1.00. The molecule has 1 aromatic rings. The third-order valence-electron chi connectivity index (χ3n) is 1.19. The zero-order valence-electron chi connectivity index (χ0n) is 6.20. The van der Waals surface area contributed by atoms with Crippen LogP contribution in [0, 0.1) is 0 Å². The first kappa shape index (κ1) is 8.10. The molecule has 0 unspecified atom stereocenters. The van der Waals surface area contributed by atoms with Crippen LogP contribution >= 0.6 is 0 Å². The highest BCUT2D eigenvalue weighted by atomic mass is 16.3. The van der Waals surface area contributed by atoms with Gasteiger partial charge >= 0.3 is 0 Å². The van der Waals surface area contributed by atoms with Gasteiger partial charge in [0.15, 0.2) is 0 Å². The van der Waals surface area contributed by atoms with Gasteiger partial charge in [0.2, 0.25) is 0 Å². The summed E-state index contributed by atoms with van der Waals surface area (Å²) in [5, 5.41) is 11.4. The molecular weight excluding hydrogens is 142 g/mol. The van der Waals surface area contributed by atoms with Crippen molar-refractivity contribution >= 4 is 0 Å². The van der Waals surface area contributed by atoms with Crippen LogP contribution in [0.3, 0.4) is 0 Å². The second-order valence-corrected chi connectivity index (χ2v) is 2.07. The fourth-order valence-electron chi connectivity index (χ4n) is 0.701. The van der Waals surface area contributed by atoms with Crippen LogP contribution < -0.4 is 5.32 Å². The van der Waals surface area contributed by atoms with Crippen molar-refractivity contribution in [2.24, 2.45) is 0 Å². The maximum atomic E-state index is 8.44. The van der Waals surface area contributed by atoms with Crippen LogP contribution in [-0.4, -0.2) is 28.2 Å². The molecule has 0 bridgehead atoms. The number of aliphatic hydroxyl groups is 1. The molecule has 0 radical (unpaired) electrons. The van der Waals surface area contributed by atoms with Crippen molar-refractivity contribution in [2.75, 3.05) is 13.2 Å². The van der Waals surface area contributed by atoms with Gasteiger partial charge in [0.05, 0.1) is 13.2 Å². The molecule has 60 valence electrons. The molecule has 0 spiro atoms. The molecule has 11 heavy (non-hydrogen) atoms. The van der Waals surface area contributed by atoms with Crippen LogP contribution in [0.4, 0.5) is 0 Å². The monoisotopic (exact) mass is 153 g/mol. The van der Waals surface area contributed by atoms with Crippen molar-refractivity contribution in [3.05, 3.63) is 24.3 Å². The third-order valence-corrected chi connectivity index (χ3v) is 1.19. The summed E-state index contributed by atoms with van der Waals surface area (Å²) in [6.07, 6.45) is 3.39. The highest BCUT2D eigenvalue weighted by Gasteiger charge is 1.90. The minimum atomic E-state index is 0.146. The molecule has 1 aromatic heterocycles. The number of rotatable bonds is 4. The first-order valence-corrected chi connectivity index (χ1v) is 3.51. The van der Waals surface area contributed by atoms with Crippen molar-refractivity contribution in [3.63, 3.8) is 0 Å². The Bertz CT molecular complexity index is 190. The molecule has 0 aliphatic rings. The summed E-state index contributed by atoms with van der Waals surface area (Å²) in [4.78, 5) is 7.99. The summed E-state index contributed by atoms with van der Waals surface area (Å²) in [5.41, 5.74) is 0. The Balaban J connectivity index is 2.28. The van der Waals surface area contributed by atoms with Crippen LogP contribution in [0.25, 0.3) is 0 Å². The van der Waals surface area contributed by atoms with Crippen LogP contribution in [0.15, 0.2) is 18.5 Å². The zero-order chi connectivity index (χ0) is 7.94. The molecule has 1 heterocycles. The lowest BCUT2D eigenvalue weighted by molar-refractivity contribution is 0.291. The average molecular weight is 153 g/mol. The van der Waals surface area contributed by atoms with Crippen molar-refractivity contribution in [3.8, 4) is 0 Å². The predicted molar refractivity (Wildman–Crippen MR) is 40.8 cm³/mol. The molecule has 4 heteroatoms. The molecule has 4 nitrogen and oxygen atoms in total. The number of hydrogen-bond donors (Lipinski definition) is 2. The fourth-order valence-corrected chi connectivity index (χ4v) is 0.701. The first-order chi connectivity index (χ1) is 5.43. The van der Waals surface area contributed by atoms with Crippen molar-refractivity contribution < 1.29 is 5.11 Å². The van der Waals surface area contributed by atoms with E-state index in [4.69, 9.17) is 5.11 Å². The van der Waals surface area contributed by atoms with E-state index in [1.54, 1.807) is 18.5 Å². The molecular formula is C7H11N3O. The number of hydrogen-bond acceptors (Lipinski definition) is 4. The summed E-state index contributed by atoms with van der Waals surface area (Å²) >= 11 is 0. The SMILES string of the molecule is OCCNCc1ncccn1. The minimum Gasteiger partial charge on any atom is -0.395 e. The highest BCUT2D eigenvalue weighted by molar-refractivity contribution is 4.87. The summed E-state index contributed by atoms with van der Waals surface area (Å²) in [6.45, 7) is 1.34.